The summed E-state index contributed by atoms with van der Waals surface area (Å²) in [5.41, 5.74) is 0.789. The fourth-order valence-electron chi connectivity index (χ4n) is 3.60. The molecule has 0 bridgehead atoms. The van der Waals surface area contributed by atoms with Gasteiger partial charge in [-0.1, -0.05) is 0 Å². The van der Waals surface area contributed by atoms with E-state index in [0.29, 0.717) is 39.3 Å². The van der Waals surface area contributed by atoms with Crippen molar-refractivity contribution in [2.24, 2.45) is 0 Å². The third kappa shape index (κ3) is 6.93. The molecular formula is C19H34N4O5. The second-order valence-corrected chi connectivity index (χ2v) is 7.47. The molecule has 0 aliphatic carbocycles. The molecule has 5 N–H and O–H groups in total. The van der Waals surface area contributed by atoms with E-state index in [-0.39, 0.29) is 12.4 Å². The van der Waals surface area contributed by atoms with Gasteiger partial charge in [0, 0.05) is 64.1 Å². The Morgan fingerprint density at radius 1 is 1.00 bits per heavy atom. The number of pyridine rings is 1. The number of aliphatic hydroxyl groups excluding tert-OH is 4. The van der Waals surface area contributed by atoms with Gasteiger partial charge in [0.25, 0.3) is 0 Å². The van der Waals surface area contributed by atoms with E-state index >= 15 is 0 Å². The van der Waals surface area contributed by atoms with Crippen LogP contribution in [0.5, 0.6) is 5.75 Å². The third-order valence-corrected chi connectivity index (χ3v) is 5.23. The first-order valence-corrected chi connectivity index (χ1v) is 9.83. The summed E-state index contributed by atoms with van der Waals surface area (Å²) < 4.78 is 0. The molecule has 160 valence electrons. The molecular weight excluding hydrogens is 364 g/mol. The fraction of sp³-hybridized carbons (Fsp3) is 0.737. The number of rotatable bonds is 8. The maximum absolute atomic E-state index is 10.1. The van der Waals surface area contributed by atoms with Gasteiger partial charge in [-0.25, -0.2) is 0 Å². The molecule has 0 saturated carbocycles. The molecule has 1 fully saturated rings. The maximum atomic E-state index is 10.1. The molecule has 1 aliphatic rings. The van der Waals surface area contributed by atoms with Gasteiger partial charge in [-0.05, 0) is 13.0 Å². The predicted molar refractivity (Wildman–Crippen MR) is 105 cm³/mol. The smallest absolute Gasteiger partial charge is 0.138 e. The van der Waals surface area contributed by atoms with Gasteiger partial charge in [-0.3, -0.25) is 19.7 Å². The summed E-state index contributed by atoms with van der Waals surface area (Å²) in [4.78, 5) is 10.3. The number of β-amino-alcohol motifs (C(OH)–C–C–N with tert-alkyl or cyclic N) is 1. The zero-order valence-electron chi connectivity index (χ0n) is 16.6. The minimum Gasteiger partial charge on any atom is -0.506 e. The maximum Gasteiger partial charge on any atom is 0.138 e. The Balaban J connectivity index is 2.14. The van der Waals surface area contributed by atoms with Gasteiger partial charge in [-0.15, -0.1) is 0 Å². The minimum atomic E-state index is -1.02. The zero-order valence-corrected chi connectivity index (χ0v) is 16.6. The van der Waals surface area contributed by atoms with Crippen molar-refractivity contribution in [1.29, 1.82) is 0 Å². The van der Waals surface area contributed by atoms with Crippen LogP contribution in [0, 0.1) is 0 Å². The van der Waals surface area contributed by atoms with Gasteiger partial charge in [0.1, 0.15) is 5.75 Å². The lowest BCUT2D eigenvalue weighted by molar-refractivity contribution is -0.0169. The van der Waals surface area contributed by atoms with E-state index in [1.165, 1.54) is 6.20 Å². The van der Waals surface area contributed by atoms with Crippen LogP contribution in [0.3, 0.4) is 0 Å². The first kappa shape index (κ1) is 23.0. The second kappa shape index (κ2) is 11.6. The molecule has 1 aromatic rings. The van der Waals surface area contributed by atoms with Crippen molar-refractivity contribution in [3.63, 3.8) is 0 Å². The van der Waals surface area contributed by atoms with Gasteiger partial charge in [0.05, 0.1) is 37.7 Å². The normalized spacial score (nSPS) is 21.5. The first-order valence-electron chi connectivity index (χ1n) is 9.83. The van der Waals surface area contributed by atoms with Gasteiger partial charge in [-0.2, -0.15) is 0 Å². The van der Waals surface area contributed by atoms with E-state index in [9.17, 15) is 25.5 Å². The van der Waals surface area contributed by atoms with Crippen molar-refractivity contribution in [1.82, 2.24) is 19.7 Å². The molecule has 9 nitrogen and oxygen atoms in total. The average Bonchev–Trinajstić information content (AvgIpc) is 2.76. The van der Waals surface area contributed by atoms with Gasteiger partial charge in [0.2, 0.25) is 0 Å². The quantitative estimate of drug-likeness (QED) is 0.349. The molecule has 0 amide bonds. The Morgan fingerprint density at radius 3 is 2.25 bits per heavy atom. The summed E-state index contributed by atoms with van der Waals surface area (Å²) >= 11 is 0. The first-order chi connectivity index (χ1) is 13.4. The van der Waals surface area contributed by atoms with Gasteiger partial charge < -0.3 is 25.5 Å². The number of hydrogen-bond donors (Lipinski definition) is 5. The van der Waals surface area contributed by atoms with Crippen molar-refractivity contribution >= 4 is 0 Å². The van der Waals surface area contributed by atoms with Crippen LogP contribution < -0.4 is 0 Å². The molecule has 1 saturated heterocycles. The monoisotopic (exact) mass is 398 g/mol. The Kier molecular flexibility index (Phi) is 9.52. The van der Waals surface area contributed by atoms with Crippen LogP contribution in [0.1, 0.15) is 12.5 Å². The van der Waals surface area contributed by atoms with E-state index in [1.54, 1.807) is 19.2 Å². The minimum absolute atomic E-state index is 0.156. The van der Waals surface area contributed by atoms with Crippen molar-refractivity contribution < 1.29 is 25.5 Å². The molecule has 1 aliphatic heterocycles. The molecule has 2 heterocycles. The molecule has 0 aromatic carbocycles. The van der Waals surface area contributed by atoms with Gasteiger partial charge >= 0.3 is 0 Å². The molecule has 0 radical (unpaired) electrons. The highest BCUT2D eigenvalue weighted by atomic mass is 16.3. The lowest BCUT2D eigenvalue weighted by atomic mass is 10.1. The largest absolute Gasteiger partial charge is 0.506 e. The zero-order chi connectivity index (χ0) is 20.5. The summed E-state index contributed by atoms with van der Waals surface area (Å²) in [5.74, 6) is 0.156. The second-order valence-electron chi connectivity index (χ2n) is 7.47. The lowest BCUT2D eigenvalue weighted by Gasteiger charge is -2.34. The number of aromatic nitrogens is 1. The average molecular weight is 399 g/mol. The highest BCUT2D eigenvalue weighted by Crippen LogP contribution is 2.17. The molecule has 2 rings (SSSR count). The van der Waals surface area contributed by atoms with Crippen LogP contribution >= 0.6 is 0 Å². The SMILES string of the molecule is C[C@H](O)CN1CCN(Cc2ccncc2O)CCN([C@H](CO)[C@H](O)CO)CC1. The molecule has 3 atom stereocenters. The summed E-state index contributed by atoms with van der Waals surface area (Å²) in [6, 6.07) is 1.24. The van der Waals surface area contributed by atoms with Crippen LogP contribution in [0.2, 0.25) is 0 Å². The molecule has 1 aromatic heterocycles. The third-order valence-electron chi connectivity index (χ3n) is 5.23. The van der Waals surface area contributed by atoms with Gasteiger partial charge in [0.15, 0.2) is 0 Å². The summed E-state index contributed by atoms with van der Waals surface area (Å²) in [6.07, 6.45) is 1.60. The summed E-state index contributed by atoms with van der Waals surface area (Å²) in [7, 11) is 0. The standard InChI is InChI=1S/C19H34N4O5/c1-15(26)11-21-4-5-22(12-16-2-3-20-10-18(16)27)7-9-23(8-6-21)17(13-24)19(28)14-25/h2-3,10,15,17,19,24-28H,4-9,11-14H2,1H3/t15-,17+,19+/m0/s1. The van der Waals surface area contributed by atoms with Crippen LogP contribution in [0.4, 0.5) is 0 Å². The Morgan fingerprint density at radius 2 is 1.64 bits per heavy atom. The predicted octanol–water partition coefficient (Wildman–Crippen LogP) is -1.70. The van der Waals surface area contributed by atoms with Crippen LogP contribution in [0.15, 0.2) is 18.5 Å². The van der Waals surface area contributed by atoms with Crippen LogP contribution in [-0.4, -0.2) is 122 Å². The highest BCUT2D eigenvalue weighted by molar-refractivity contribution is 5.27. The molecule has 9 heteroatoms. The van der Waals surface area contributed by atoms with Crippen LogP contribution in [-0.2, 0) is 6.54 Å². The number of nitrogens with zero attached hydrogens (tertiary/aromatic N) is 4. The van der Waals surface area contributed by atoms with E-state index in [4.69, 9.17) is 0 Å². The van der Waals surface area contributed by atoms with E-state index < -0.39 is 24.9 Å². The summed E-state index contributed by atoms with van der Waals surface area (Å²) in [5, 5.41) is 49.0. The van der Waals surface area contributed by atoms with E-state index in [1.807, 2.05) is 4.90 Å². The Labute approximate surface area is 166 Å². The topological polar surface area (TPSA) is 124 Å². The molecule has 0 spiro atoms. The van der Waals surface area contributed by atoms with Crippen molar-refractivity contribution in [2.45, 2.75) is 31.7 Å². The fourth-order valence-corrected chi connectivity index (χ4v) is 3.60. The van der Waals surface area contributed by atoms with E-state index in [2.05, 4.69) is 14.8 Å². The molecule has 28 heavy (non-hydrogen) atoms. The number of aliphatic hydroxyl groups is 4. The molecule has 0 unspecified atom stereocenters. The van der Waals surface area contributed by atoms with E-state index in [0.717, 1.165) is 18.7 Å². The highest BCUT2D eigenvalue weighted by Gasteiger charge is 2.27. The van der Waals surface area contributed by atoms with Crippen LogP contribution in [0.25, 0.3) is 0 Å². The number of aromatic hydroxyl groups is 1. The van der Waals surface area contributed by atoms with Crippen molar-refractivity contribution in [3.05, 3.63) is 24.0 Å². The lowest BCUT2D eigenvalue weighted by Crippen LogP contribution is -2.51. The summed E-state index contributed by atoms with van der Waals surface area (Å²) in [6.45, 7) is 6.30. The van der Waals surface area contributed by atoms with Crippen molar-refractivity contribution in [3.8, 4) is 5.75 Å². The Bertz CT molecular complexity index is 577. The Hall–Kier alpha value is -1.33. The van der Waals surface area contributed by atoms with Crippen molar-refractivity contribution in [2.75, 3.05) is 59.0 Å². The number of hydrogen-bond acceptors (Lipinski definition) is 9.